The molecular formula is C21H22ClFN2O4. The number of carbonyl (C=O) groups excluding carboxylic acids is 2. The average Bonchev–Trinajstić information content (AvgIpc) is 2.98. The lowest BCUT2D eigenvalue weighted by atomic mass is 10.1. The molecule has 1 heterocycles. The second-order valence-electron chi connectivity index (χ2n) is 6.57. The standard InChI is InChI=1S/C21H22ClFN2O4/c1-28-16-8-4-9-17(29-2)19(16)21(27)25-11-5-10-24(12-13-25)20(26)18-14(22)6-3-7-15(18)23/h3-4,6-9H,5,10-13H2,1-2H3. The summed E-state index contributed by atoms with van der Waals surface area (Å²) >= 11 is 6.03. The number of carbonyl (C=O) groups is 2. The molecule has 3 rings (SSSR count). The van der Waals surface area contributed by atoms with E-state index in [4.69, 9.17) is 21.1 Å². The van der Waals surface area contributed by atoms with Crippen LogP contribution < -0.4 is 9.47 Å². The third-order valence-electron chi connectivity index (χ3n) is 4.89. The quantitative estimate of drug-likeness (QED) is 0.759. The highest BCUT2D eigenvalue weighted by Crippen LogP contribution is 2.30. The van der Waals surface area contributed by atoms with E-state index in [0.717, 1.165) is 0 Å². The molecular weight excluding hydrogens is 399 g/mol. The van der Waals surface area contributed by atoms with Crippen molar-refractivity contribution in [1.82, 2.24) is 9.80 Å². The minimum absolute atomic E-state index is 0.0749. The molecule has 1 aliphatic heterocycles. The minimum Gasteiger partial charge on any atom is -0.496 e. The van der Waals surface area contributed by atoms with Gasteiger partial charge in [-0.15, -0.1) is 0 Å². The first-order valence-electron chi connectivity index (χ1n) is 9.21. The summed E-state index contributed by atoms with van der Waals surface area (Å²) in [5.41, 5.74) is 0.203. The molecule has 1 aliphatic rings. The van der Waals surface area contributed by atoms with Crippen LogP contribution in [0.25, 0.3) is 0 Å². The van der Waals surface area contributed by atoms with Gasteiger partial charge in [0.1, 0.15) is 22.9 Å². The van der Waals surface area contributed by atoms with E-state index in [1.54, 1.807) is 23.1 Å². The third kappa shape index (κ3) is 4.29. The zero-order valence-electron chi connectivity index (χ0n) is 16.3. The highest BCUT2D eigenvalue weighted by Gasteiger charge is 2.28. The first-order valence-corrected chi connectivity index (χ1v) is 9.59. The minimum atomic E-state index is -0.654. The fraction of sp³-hybridized carbons (Fsp3) is 0.333. The summed E-state index contributed by atoms with van der Waals surface area (Å²) in [5, 5.41) is 0.0749. The van der Waals surface area contributed by atoms with Gasteiger partial charge in [-0.2, -0.15) is 0 Å². The number of nitrogens with zero attached hydrogens (tertiary/aromatic N) is 2. The van der Waals surface area contributed by atoms with Gasteiger partial charge >= 0.3 is 0 Å². The lowest BCUT2D eigenvalue weighted by Crippen LogP contribution is -2.38. The summed E-state index contributed by atoms with van der Waals surface area (Å²) in [5.74, 6) is -0.525. The van der Waals surface area contributed by atoms with E-state index in [0.29, 0.717) is 43.1 Å². The van der Waals surface area contributed by atoms with Crippen molar-refractivity contribution in [2.75, 3.05) is 40.4 Å². The Kier molecular flexibility index (Phi) is 6.59. The monoisotopic (exact) mass is 420 g/mol. The Balaban J connectivity index is 1.79. The van der Waals surface area contributed by atoms with E-state index < -0.39 is 11.7 Å². The lowest BCUT2D eigenvalue weighted by Gasteiger charge is -2.24. The number of hydrogen-bond donors (Lipinski definition) is 0. The third-order valence-corrected chi connectivity index (χ3v) is 5.20. The molecule has 0 radical (unpaired) electrons. The molecule has 0 bridgehead atoms. The predicted molar refractivity (Wildman–Crippen MR) is 107 cm³/mol. The maximum Gasteiger partial charge on any atom is 0.261 e. The van der Waals surface area contributed by atoms with Crippen LogP contribution in [0.1, 0.15) is 27.1 Å². The second kappa shape index (κ2) is 9.13. The molecule has 0 aliphatic carbocycles. The number of benzene rings is 2. The van der Waals surface area contributed by atoms with Gasteiger partial charge in [-0.25, -0.2) is 4.39 Å². The molecule has 6 nitrogen and oxygen atoms in total. The Morgan fingerprint density at radius 1 is 0.862 bits per heavy atom. The highest BCUT2D eigenvalue weighted by atomic mass is 35.5. The molecule has 154 valence electrons. The first-order chi connectivity index (χ1) is 14.0. The summed E-state index contributed by atoms with van der Waals surface area (Å²) < 4.78 is 24.8. The molecule has 8 heteroatoms. The van der Waals surface area contributed by atoms with Crippen LogP contribution in [-0.2, 0) is 0 Å². The van der Waals surface area contributed by atoms with Crippen LogP contribution in [0.5, 0.6) is 11.5 Å². The Morgan fingerprint density at radius 3 is 1.90 bits per heavy atom. The topological polar surface area (TPSA) is 59.1 Å². The lowest BCUT2D eigenvalue weighted by molar-refractivity contribution is 0.0712. The van der Waals surface area contributed by atoms with E-state index in [9.17, 15) is 14.0 Å². The number of ether oxygens (including phenoxy) is 2. The van der Waals surface area contributed by atoms with Gasteiger partial charge in [-0.05, 0) is 30.7 Å². The van der Waals surface area contributed by atoms with Crippen LogP contribution in [0.4, 0.5) is 4.39 Å². The number of halogens is 2. The van der Waals surface area contributed by atoms with Gasteiger partial charge in [-0.3, -0.25) is 9.59 Å². The number of methoxy groups -OCH3 is 2. The summed E-state index contributed by atoms with van der Waals surface area (Å²) in [7, 11) is 2.99. The van der Waals surface area contributed by atoms with Crippen LogP contribution in [0.15, 0.2) is 36.4 Å². The predicted octanol–water partition coefficient (Wildman–Crippen LogP) is 3.48. The fourth-order valence-electron chi connectivity index (χ4n) is 3.40. The Morgan fingerprint density at radius 2 is 1.38 bits per heavy atom. The van der Waals surface area contributed by atoms with Crippen molar-refractivity contribution in [1.29, 1.82) is 0 Å². The molecule has 0 saturated carbocycles. The van der Waals surface area contributed by atoms with Gasteiger partial charge in [0.25, 0.3) is 11.8 Å². The van der Waals surface area contributed by atoms with Crippen molar-refractivity contribution < 1.29 is 23.5 Å². The van der Waals surface area contributed by atoms with E-state index in [1.165, 1.54) is 37.3 Å². The molecule has 1 saturated heterocycles. The van der Waals surface area contributed by atoms with Crippen LogP contribution >= 0.6 is 11.6 Å². The summed E-state index contributed by atoms with van der Waals surface area (Å²) in [6.07, 6.45) is 0.557. The molecule has 2 amide bonds. The van der Waals surface area contributed by atoms with Crippen molar-refractivity contribution in [3.63, 3.8) is 0 Å². The van der Waals surface area contributed by atoms with Crippen LogP contribution in [0, 0.1) is 5.82 Å². The van der Waals surface area contributed by atoms with Gasteiger partial charge in [0, 0.05) is 26.2 Å². The zero-order chi connectivity index (χ0) is 21.0. The Bertz CT molecular complexity index is 879. The molecule has 0 spiro atoms. The van der Waals surface area contributed by atoms with Gasteiger partial charge in [-0.1, -0.05) is 23.7 Å². The summed E-state index contributed by atoms with van der Waals surface area (Å²) in [4.78, 5) is 29.1. The summed E-state index contributed by atoms with van der Waals surface area (Å²) in [6, 6.07) is 9.29. The normalized spacial score (nSPS) is 14.3. The smallest absolute Gasteiger partial charge is 0.261 e. The second-order valence-corrected chi connectivity index (χ2v) is 6.98. The maximum atomic E-state index is 14.1. The number of amides is 2. The molecule has 29 heavy (non-hydrogen) atoms. The van der Waals surface area contributed by atoms with E-state index in [1.807, 2.05) is 0 Å². The van der Waals surface area contributed by atoms with Gasteiger partial charge < -0.3 is 19.3 Å². The zero-order valence-corrected chi connectivity index (χ0v) is 17.0. The molecule has 2 aromatic carbocycles. The van der Waals surface area contributed by atoms with Crippen LogP contribution in [0.2, 0.25) is 5.02 Å². The highest BCUT2D eigenvalue weighted by molar-refractivity contribution is 6.33. The molecule has 1 fully saturated rings. The molecule has 0 unspecified atom stereocenters. The largest absolute Gasteiger partial charge is 0.496 e. The molecule has 0 N–H and O–H groups in total. The van der Waals surface area contributed by atoms with Crippen LogP contribution in [0.3, 0.4) is 0 Å². The molecule has 0 aromatic heterocycles. The number of rotatable bonds is 4. The summed E-state index contributed by atoms with van der Waals surface area (Å²) in [6.45, 7) is 1.43. The first kappa shape index (κ1) is 20.9. The average molecular weight is 421 g/mol. The molecule has 0 atom stereocenters. The Hall–Kier alpha value is -2.80. The van der Waals surface area contributed by atoms with Crippen molar-refractivity contribution in [2.45, 2.75) is 6.42 Å². The van der Waals surface area contributed by atoms with Crippen molar-refractivity contribution in [3.05, 3.63) is 58.4 Å². The van der Waals surface area contributed by atoms with Crippen molar-refractivity contribution >= 4 is 23.4 Å². The SMILES string of the molecule is COc1cccc(OC)c1C(=O)N1CCCN(C(=O)c2c(F)cccc2Cl)CC1. The van der Waals surface area contributed by atoms with E-state index >= 15 is 0 Å². The molecule has 2 aromatic rings. The fourth-order valence-corrected chi connectivity index (χ4v) is 3.65. The van der Waals surface area contributed by atoms with Gasteiger partial charge in [0.15, 0.2) is 0 Å². The number of hydrogen-bond acceptors (Lipinski definition) is 4. The van der Waals surface area contributed by atoms with Crippen LogP contribution in [-0.4, -0.2) is 62.0 Å². The van der Waals surface area contributed by atoms with E-state index in [2.05, 4.69) is 0 Å². The van der Waals surface area contributed by atoms with Crippen molar-refractivity contribution in [2.24, 2.45) is 0 Å². The van der Waals surface area contributed by atoms with Gasteiger partial charge in [0.2, 0.25) is 0 Å². The van der Waals surface area contributed by atoms with E-state index in [-0.39, 0.29) is 23.0 Å². The van der Waals surface area contributed by atoms with Gasteiger partial charge in [0.05, 0.1) is 24.8 Å². The Labute approximate surface area is 173 Å². The van der Waals surface area contributed by atoms with Crippen molar-refractivity contribution in [3.8, 4) is 11.5 Å². The maximum absolute atomic E-state index is 14.1.